The topological polar surface area (TPSA) is 69.4 Å². The Morgan fingerprint density at radius 2 is 1.85 bits per heavy atom. The Balaban J connectivity index is 2.19. The molecular formula is C15H11NO4. The number of nitro groups is 1. The molecule has 1 unspecified atom stereocenters. The number of fused-ring (bicyclic) bond motifs is 3. The highest BCUT2D eigenvalue weighted by Gasteiger charge is 2.32. The molecule has 0 saturated heterocycles. The second-order valence-corrected chi connectivity index (χ2v) is 4.61. The van der Waals surface area contributed by atoms with E-state index < -0.39 is 17.0 Å². The molecule has 1 aliphatic carbocycles. The monoisotopic (exact) mass is 269 g/mol. The minimum Gasteiger partial charge on any atom is -0.453 e. The van der Waals surface area contributed by atoms with E-state index in [1.54, 1.807) is 6.07 Å². The largest absolute Gasteiger partial charge is 0.453 e. The molecule has 0 spiro atoms. The Morgan fingerprint density at radius 3 is 2.55 bits per heavy atom. The Morgan fingerprint density at radius 1 is 1.15 bits per heavy atom. The highest BCUT2D eigenvalue weighted by Crippen LogP contribution is 2.46. The summed E-state index contributed by atoms with van der Waals surface area (Å²) in [5.41, 5.74) is 3.34. The van der Waals surface area contributed by atoms with Gasteiger partial charge in [-0.3, -0.25) is 14.9 Å². The molecule has 0 radical (unpaired) electrons. The molecule has 0 N–H and O–H groups in total. The molecule has 0 aliphatic heterocycles. The lowest BCUT2D eigenvalue weighted by atomic mass is 10.1. The van der Waals surface area contributed by atoms with Crippen LogP contribution in [0.5, 0.6) is 0 Å². The minimum atomic E-state index is -0.571. The van der Waals surface area contributed by atoms with Crippen molar-refractivity contribution in [3.05, 3.63) is 63.7 Å². The maximum absolute atomic E-state index is 11.3. The summed E-state index contributed by atoms with van der Waals surface area (Å²) in [5, 5.41) is 10.9. The number of nitrogens with zero attached hydrogens (tertiary/aromatic N) is 1. The maximum Gasteiger partial charge on any atom is 0.303 e. The van der Waals surface area contributed by atoms with Crippen LogP contribution in [0.25, 0.3) is 11.1 Å². The van der Waals surface area contributed by atoms with E-state index in [9.17, 15) is 14.9 Å². The fourth-order valence-corrected chi connectivity index (χ4v) is 2.56. The third kappa shape index (κ3) is 1.84. The Kier molecular flexibility index (Phi) is 2.75. The lowest BCUT2D eigenvalue weighted by Crippen LogP contribution is -2.07. The third-order valence-electron chi connectivity index (χ3n) is 3.35. The molecule has 2 aromatic carbocycles. The van der Waals surface area contributed by atoms with Crippen molar-refractivity contribution in [2.24, 2.45) is 0 Å². The SMILES string of the molecule is CC(=O)OC1c2ccccc2-c2ccc([N+](=O)[O-])cc21. The van der Waals surface area contributed by atoms with Gasteiger partial charge in [0.1, 0.15) is 0 Å². The second kappa shape index (κ2) is 4.45. The van der Waals surface area contributed by atoms with Crippen molar-refractivity contribution in [1.82, 2.24) is 0 Å². The van der Waals surface area contributed by atoms with Gasteiger partial charge in [-0.05, 0) is 17.2 Å². The van der Waals surface area contributed by atoms with Crippen LogP contribution in [0, 0.1) is 10.1 Å². The average Bonchev–Trinajstić information content (AvgIpc) is 2.73. The predicted molar refractivity (Wildman–Crippen MR) is 72.1 cm³/mol. The minimum absolute atomic E-state index is 0.00583. The lowest BCUT2D eigenvalue weighted by molar-refractivity contribution is -0.384. The summed E-state index contributed by atoms with van der Waals surface area (Å²) in [7, 11) is 0. The van der Waals surface area contributed by atoms with Gasteiger partial charge in [-0.15, -0.1) is 0 Å². The molecule has 0 aromatic heterocycles. The molecule has 1 atom stereocenters. The molecule has 1 aliphatic rings. The first-order chi connectivity index (χ1) is 9.58. The summed E-state index contributed by atoms with van der Waals surface area (Å²) < 4.78 is 5.34. The van der Waals surface area contributed by atoms with Gasteiger partial charge >= 0.3 is 5.97 Å². The molecule has 5 heteroatoms. The molecule has 0 fully saturated rings. The van der Waals surface area contributed by atoms with Crippen LogP contribution in [-0.4, -0.2) is 10.9 Å². The van der Waals surface area contributed by atoms with Crippen molar-refractivity contribution >= 4 is 11.7 Å². The van der Waals surface area contributed by atoms with Crippen LogP contribution in [0.4, 0.5) is 5.69 Å². The Hall–Kier alpha value is -2.69. The first-order valence-corrected chi connectivity index (χ1v) is 6.13. The zero-order valence-corrected chi connectivity index (χ0v) is 10.7. The maximum atomic E-state index is 11.3. The quantitative estimate of drug-likeness (QED) is 0.477. The summed E-state index contributed by atoms with van der Waals surface area (Å²) in [4.78, 5) is 21.7. The van der Waals surface area contributed by atoms with Gasteiger partial charge in [0.2, 0.25) is 0 Å². The predicted octanol–water partition coefficient (Wildman–Crippen LogP) is 3.23. The van der Waals surface area contributed by atoms with Crippen LogP contribution >= 0.6 is 0 Å². The van der Waals surface area contributed by atoms with Crippen LogP contribution < -0.4 is 0 Å². The molecule has 5 nitrogen and oxygen atoms in total. The van der Waals surface area contributed by atoms with E-state index in [1.807, 2.05) is 24.3 Å². The van der Waals surface area contributed by atoms with Crippen LogP contribution in [0.15, 0.2) is 42.5 Å². The number of hydrogen-bond donors (Lipinski definition) is 0. The van der Waals surface area contributed by atoms with Gasteiger partial charge in [0.15, 0.2) is 6.10 Å². The number of carbonyl (C=O) groups excluding carboxylic acids is 1. The number of benzene rings is 2. The normalized spacial score (nSPS) is 15.3. The summed E-state index contributed by atoms with van der Waals surface area (Å²) in [6, 6.07) is 12.2. The summed E-state index contributed by atoms with van der Waals surface area (Å²) in [5.74, 6) is -0.413. The van der Waals surface area contributed by atoms with Gasteiger partial charge in [0.05, 0.1) is 4.92 Å². The zero-order chi connectivity index (χ0) is 14.3. The van der Waals surface area contributed by atoms with Crippen molar-refractivity contribution in [3.8, 4) is 11.1 Å². The van der Waals surface area contributed by atoms with Gasteiger partial charge in [-0.1, -0.05) is 24.3 Å². The summed E-state index contributed by atoms with van der Waals surface area (Å²) in [6.07, 6.45) is -0.571. The van der Waals surface area contributed by atoms with E-state index in [-0.39, 0.29) is 5.69 Å². The van der Waals surface area contributed by atoms with Gasteiger partial charge in [-0.25, -0.2) is 0 Å². The molecule has 0 saturated carbocycles. The van der Waals surface area contributed by atoms with E-state index >= 15 is 0 Å². The number of hydrogen-bond acceptors (Lipinski definition) is 4. The Labute approximate surface area is 115 Å². The van der Waals surface area contributed by atoms with E-state index in [0.29, 0.717) is 5.56 Å². The number of ether oxygens (including phenoxy) is 1. The summed E-state index contributed by atoms with van der Waals surface area (Å²) >= 11 is 0. The standard InChI is InChI=1S/C15H11NO4/c1-9(17)20-15-13-5-3-2-4-11(13)12-7-6-10(16(18)19)8-14(12)15/h2-8,15H,1H3. The van der Waals surface area contributed by atoms with Crippen molar-refractivity contribution in [2.45, 2.75) is 13.0 Å². The number of non-ortho nitro benzene ring substituents is 1. The fourth-order valence-electron chi connectivity index (χ4n) is 2.56. The van der Waals surface area contributed by atoms with Crippen molar-refractivity contribution in [3.63, 3.8) is 0 Å². The Bertz CT molecular complexity index is 724. The van der Waals surface area contributed by atoms with Crippen LogP contribution in [0.3, 0.4) is 0 Å². The van der Waals surface area contributed by atoms with Crippen LogP contribution in [0.2, 0.25) is 0 Å². The van der Waals surface area contributed by atoms with Crippen LogP contribution in [0.1, 0.15) is 24.2 Å². The average molecular weight is 269 g/mol. The second-order valence-electron chi connectivity index (χ2n) is 4.61. The number of rotatable bonds is 2. The molecule has 20 heavy (non-hydrogen) atoms. The number of esters is 1. The zero-order valence-electron chi connectivity index (χ0n) is 10.7. The van der Waals surface area contributed by atoms with E-state index in [2.05, 4.69) is 0 Å². The first kappa shape index (κ1) is 12.3. The van der Waals surface area contributed by atoms with Gasteiger partial charge in [0, 0.05) is 30.2 Å². The molecule has 100 valence electrons. The highest BCUT2D eigenvalue weighted by molar-refractivity contribution is 5.80. The van der Waals surface area contributed by atoms with Crippen LogP contribution in [-0.2, 0) is 9.53 Å². The number of nitro benzene ring substituents is 1. The number of carbonyl (C=O) groups is 1. The van der Waals surface area contributed by atoms with Crippen molar-refractivity contribution in [2.75, 3.05) is 0 Å². The lowest BCUT2D eigenvalue weighted by Gasteiger charge is -2.13. The van der Waals surface area contributed by atoms with E-state index in [0.717, 1.165) is 16.7 Å². The highest BCUT2D eigenvalue weighted by atomic mass is 16.6. The van der Waals surface area contributed by atoms with Gasteiger partial charge in [0.25, 0.3) is 5.69 Å². The molecular weight excluding hydrogens is 258 g/mol. The molecule has 0 amide bonds. The molecule has 3 rings (SSSR count). The first-order valence-electron chi connectivity index (χ1n) is 6.13. The molecule has 0 heterocycles. The van der Waals surface area contributed by atoms with E-state index in [1.165, 1.54) is 19.1 Å². The molecule has 2 aromatic rings. The summed E-state index contributed by atoms with van der Waals surface area (Å²) in [6.45, 7) is 1.33. The third-order valence-corrected chi connectivity index (χ3v) is 3.35. The van der Waals surface area contributed by atoms with Crippen molar-refractivity contribution in [1.29, 1.82) is 0 Å². The molecule has 0 bridgehead atoms. The van der Waals surface area contributed by atoms with E-state index in [4.69, 9.17) is 4.74 Å². The van der Waals surface area contributed by atoms with Gasteiger partial charge < -0.3 is 4.74 Å². The van der Waals surface area contributed by atoms with Crippen molar-refractivity contribution < 1.29 is 14.5 Å². The van der Waals surface area contributed by atoms with Gasteiger partial charge in [-0.2, -0.15) is 0 Å². The fraction of sp³-hybridized carbons (Fsp3) is 0.133. The smallest absolute Gasteiger partial charge is 0.303 e.